The zero-order chi connectivity index (χ0) is 14.9. The van der Waals surface area contributed by atoms with Gasteiger partial charge in [-0.2, -0.15) is 9.50 Å². The number of fused-ring (bicyclic) bond motifs is 1. The Morgan fingerprint density at radius 1 is 1.09 bits per heavy atom. The van der Waals surface area contributed by atoms with E-state index in [4.69, 9.17) is 4.74 Å². The number of aromatic nitrogens is 4. The highest BCUT2D eigenvalue weighted by Gasteiger charge is 2.14. The molecule has 3 heterocycles. The third-order valence-corrected chi connectivity index (χ3v) is 4.23. The Morgan fingerprint density at radius 2 is 2.00 bits per heavy atom. The molecule has 4 rings (SSSR count). The summed E-state index contributed by atoms with van der Waals surface area (Å²) in [6.07, 6.45) is 1.74. The molecule has 0 spiro atoms. The van der Waals surface area contributed by atoms with Gasteiger partial charge in [-0.05, 0) is 29.6 Å². The van der Waals surface area contributed by atoms with Crippen molar-refractivity contribution in [1.82, 2.24) is 19.6 Å². The highest BCUT2D eigenvalue weighted by atomic mass is 32.1. The molecule has 0 amide bonds. The van der Waals surface area contributed by atoms with Crippen molar-refractivity contribution in [2.45, 2.75) is 0 Å². The van der Waals surface area contributed by atoms with Crippen LogP contribution in [-0.4, -0.2) is 26.7 Å². The number of methoxy groups -OCH3 is 1. The third kappa shape index (κ3) is 2.05. The summed E-state index contributed by atoms with van der Waals surface area (Å²) in [5.41, 5.74) is 1.86. The van der Waals surface area contributed by atoms with Crippen LogP contribution in [0.2, 0.25) is 0 Å². The molecule has 108 valence electrons. The molecule has 0 radical (unpaired) electrons. The van der Waals surface area contributed by atoms with Gasteiger partial charge in [-0.1, -0.05) is 18.2 Å². The number of para-hydroxylation sites is 1. The van der Waals surface area contributed by atoms with Crippen LogP contribution in [0.25, 0.3) is 27.7 Å². The van der Waals surface area contributed by atoms with Gasteiger partial charge >= 0.3 is 0 Å². The lowest BCUT2D eigenvalue weighted by atomic mass is 10.1. The average Bonchev–Trinajstić information content (AvgIpc) is 3.23. The molecule has 0 unspecified atom stereocenters. The van der Waals surface area contributed by atoms with E-state index in [1.165, 1.54) is 0 Å². The average molecular weight is 308 g/mol. The maximum absolute atomic E-state index is 5.45. The molecule has 0 N–H and O–H groups in total. The van der Waals surface area contributed by atoms with Crippen LogP contribution in [0, 0.1) is 0 Å². The quantitative estimate of drug-likeness (QED) is 0.581. The largest absolute Gasteiger partial charge is 0.496 e. The highest BCUT2D eigenvalue weighted by Crippen LogP contribution is 2.30. The minimum Gasteiger partial charge on any atom is -0.496 e. The Morgan fingerprint density at radius 3 is 2.82 bits per heavy atom. The van der Waals surface area contributed by atoms with Crippen LogP contribution in [-0.2, 0) is 0 Å². The molecular formula is C16H12N4OS. The Labute approximate surface area is 130 Å². The van der Waals surface area contributed by atoms with Crippen LogP contribution in [0.3, 0.4) is 0 Å². The first-order chi connectivity index (χ1) is 10.9. The normalized spacial score (nSPS) is 11.0. The van der Waals surface area contributed by atoms with Crippen LogP contribution < -0.4 is 4.74 Å². The van der Waals surface area contributed by atoms with Gasteiger partial charge in [0.2, 0.25) is 0 Å². The first-order valence-corrected chi connectivity index (χ1v) is 7.64. The van der Waals surface area contributed by atoms with E-state index in [-0.39, 0.29) is 0 Å². The molecule has 0 saturated heterocycles. The molecule has 0 aliphatic heterocycles. The van der Waals surface area contributed by atoms with Gasteiger partial charge in [0.1, 0.15) is 5.75 Å². The zero-order valence-electron chi connectivity index (χ0n) is 11.8. The summed E-state index contributed by atoms with van der Waals surface area (Å²) < 4.78 is 7.20. The molecule has 0 fully saturated rings. The van der Waals surface area contributed by atoms with Crippen LogP contribution in [0.1, 0.15) is 0 Å². The van der Waals surface area contributed by atoms with E-state index in [9.17, 15) is 0 Å². The lowest BCUT2D eigenvalue weighted by Gasteiger charge is -2.08. The van der Waals surface area contributed by atoms with Gasteiger partial charge in [0.05, 0.1) is 17.7 Å². The zero-order valence-corrected chi connectivity index (χ0v) is 12.6. The highest BCUT2D eigenvalue weighted by molar-refractivity contribution is 7.13. The predicted octanol–water partition coefficient (Wildman–Crippen LogP) is 3.53. The number of nitrogens with zero attached hydrogens (tertiary/aromatic N) is 4. The third-order valence-electron chi connectivity index (χ3n) is 3.37. The second-order valence-corrected chi connectivity index (χ2v) is 5.60. The molecule has 6 heteroatoms. The summed E-state index contributed by atoms with van der Waals surface area (Å²) in [6, 6.07) is 13.7. The summed E-state index contributed by atoms with van der Waals surface area (Å²) in [5.74, 6) is 2.06. The smallest absolute Gasteiger partial charge is 0.253 e. The van der Waals surface area contributed by atoms with Crippen molar-refractivity contribution in [2.75, 3.05) is 7.11 Å². The molecular weight excluding hydrogens is 296 g/mol. The number of rotatable bonds is 3. The maximum atomic E-state index is 5.45. The Bertz CT molecular complexity index is 930. The fraction of sp³-hybridized carbons (Fsp3) is 0.0625. The fourth-order valence-corrected chi connectivity index (χ4v) is 3.02. The van der Waals surface area contributed by atoms with Crippen molar-refractivity contribution < 1.29 is 4.74 Å². The molecule has 0 aliphatic rings. The van der Waals surface area contributed by atoms with Crippen molar-refractivity contribution >= 4 is 17.1 Å². The summed E-state index contributed by atoms with van der Waals surface area (Å²) >= 11 is 1.61. The number of thiophene rings is 1. The van der Waals surface area contributed by atoms with Gasteiger partial charge in [0.25, 0.3) is 5.78 Å². The summed E-state index contributed by atoms with van der Waals surface area (Å²) in [6.45, 7) is 0. The molecule has 4 aromatic rings. The number of hydrogen-bond acceptors (Lipinski definition) is 5. The topological polar surface area (TPSA) is 52.3 Å². The first-order valence-electron chi connectivity index (χ1n) is 6.76. The molecule has 0 atom stereocenters. The van der Waals surface area contributed by atoms with Gasteiger partial charge in [-0.15, -0.1) is 16.4 Å². The van der Waals surface area contributed by atoms with Crippen molar-refractivity contribution in [1.29, 1.82) is 0 Å². The lowest BCUT2D eigenvalue weighted by molar-refractivity contribution is 0.416. The first kappa shape index (κ1) is 13.0. The van der Waals surface area contributed by atoms with Crippen LogP contribution in [0.15, 0.2) is 54.0 Å². The summed E-state index contributed by atoms with van der Waals surface area (Å²) in [5, 5.41) is 6.61. The minimum atomic E-state index is 0.576. The summed E-state index contributed by atoms with van der Waals surface area (Å²) in [4.78, 5) is 9.84. The van der Waals surface area contributed by atoms with Crippen LogP contribution in [0.4, 0.5) is 0 Å². The van der Waals surface area contributed by atoms with Gasteiger partial charge in [0, 0.05) is 11.8 Å². The van der Waals surface area contributed by atoms with Gasteiger partial charge in [-0.25, -0.2) is 4.98 Å². The summed E-state index contributed by atoms with van der Waals surface area (Å²) in [7, 11) is 1.66. The van der Waals surface area contributed by atoms with E-state index < -0.39 is 0 Å². The fourth-order valence-electron chi connectivity index (χ4n) is 2.36. The molecule has 0 aliphatic carbocycles. The standard InChI is InChI=1S/C16H12N4OS/c1-21-13-6-3-2-5-11(13)12-8-9-17-16-18-15(19-20(12)16)14-7-4-10-22-14/h2-10H,1H3. The monoisotopic (exact) mass is 308 g/mol. The number of hydrogen-bond donors (Lipinski definition) is 0. The van der Waals surface area contributed by atoms with E-state index in [2.05, 4.69) is 15.1 Å². The number of ether oxygens (including phenoxy) is 1. The van der Waals surface area contributed by atoms with Crippen LogP contribution >= 0.6 is 11.3 Å². The Balaban J connectivity index is 1.95. The van der Waals surface area contributed by atoms with E-state index in [0.29, 0.717) is 11.6 Å². The maximum Gasteiger partial charge on any atom is 0.253 e. The van der Waals surface area contributed by atoms with Gasteiger partial charge in [0.15, 0.2) is 5.82 Å². The predicted molar refractivity (Wildman–Crippen MR) is 86.1 cm³/mol. The van der Waals surface area contributed by atoms with E-state index in [0.717, 1.165) is 21.9 Å². The molecule has 1 aromatic carbocycles. The molecule has 3 aromatic heterocycles. The number of benzene rings is 1. The van der Waals surface area contributed by atoms with Crippen molar-refractivity contribution in [3.8, 4) is 27.7 Å². The Hall–Kier alpha value is -2.73. The molecule has 5 nitrogen and oxygen atoms in total. The minimum absolute atomic E-state index is 0.576. The SMILES string of the molecule is COc1ccccc1-c1ccnc2nc(-c3cccs3)nn12. The van der Waals surface area contributed by atoms with Crippen molar-refractivity contribution in [3.05, 3.63) is 54.0 Å². The Kier molecular flexibility index (Phi) is 3.08. The second-order valence-electron chi connectivity index (χ2n) is 4.65. The van der Waals surface area contributed by atoms with Crippen molar-refractivity contribution in [3.63, 3.8) is 0 Å². The van der Waals surface area contributed by atoms with Crippen LogP contribution in [0.5, 0.6) is 5.75 Å². The second kappa shape index (κ2) is 5.23. The van der Waals surface area contributed by atoms with E-state index in [1.54, 1.807) is 29.2 Å². The van der Waals surface area contributed by atoms with Crippen molar-refractivity contribution in [2.24, 2.45) is 0 Å². The molecule has 22 heavy (non-hydrogen) atoms. The van der Waals surface area contributed by atoms with E-state index >= 15 is 0 Å². The van der Waals surface area contributed by atoms with Gasteiger partial charge in [-0.3, -0.25) is 0 Å². The molecule has 0 saturated carbocycles. The molecule has 0 bridgehead atoms. The lowest BCUT2D eigenvalue weighted by Crippen LogP contribution is -1.97. The van der Waals surface area contributed by atoms with E-state index in [1.807, 2.05) is 47.8 Å². The van der Waals surface area contributed by atoms with Gasteiger partial charge < -0.3 is 4.74 Å².